The summed E-state index contributed by atoms with van der Waals surface area (Å²) >= 11 is 0. The molecule has 3 aromatic rings. The molecule has 2 unspecified atom stereocenters. The first-order valence-electron chi connectivity index (χ1n) is 11.4. The van der Waals surface area contributed by atoms with E-state index in [0.717, 1.165) is 0 Å². The molecule has 2 bridgehead atoms. The van der Waals surface area contributed by atoms with Crippen LogP contribution in [0.25, 0.3) is 5.65 Å². The Kier molecular flexibility index (Phi) is 4.63. The molecule has 2 fully saturated rings. The molecule has 3 aromatic heterocycles. The number of aromatic nitrogens is 4. The lowest BCUT2D eigenvalue weighted by Gasteiger charge is -2.28. The van der Waals surface area contributed by atoms with Crippen molar-refractivity contribution >= 4 is 35.0 Å². The Balaban J connectivity index is 1.49. The van der Waals surface area contributed by atoms with Crippen molar-refractivity contribution < 1.29 is 23.5 Å². The Bertz CT molecular complexity index is 1350. The summed E-state index contributed by atoms with van der Waals surface area (Å²) in [5.74, 6) is 0.612. The van der Waals surface area contributed by atoms with Gasteiger partial charge in [-0.3, -0.25) is 9.69 Å². The number of pyridine rings is 1. The highest BCUT2D eigenvalue weighted by Crippen LogP contribution is 2.41. The first kappa shape index (κ1) is 21.6. The van der Waals surface area contributed by atoms with Crippen LogP contribution >= 0.6 is 0 Å². The number of halogens is 1. The maximum absolute atomic E-state index is 13.4. The minimum Gasteiger partial charge on any atom is -0.471 e. The molecule has 0 aromatic carbocycles. The van der Waals surface area contributed by atoms with Gasteiger partial charge in [-0.25, -0.2) is 19.2 Å². The van der Waals surface area contributed by atoms with Crippen LogP contribution in [0.4, 0.5) is 26.5 Å². The number of nitrogens with zero attached hydrogens (tertiary/aromatic N) is 5. The number of hydrogen-bond donors (Lipinski definition) is 2. The number of carbonyl (C=O) groups excluding carboxylic acids is 2. The van der Waals surface area contributed by atoms with Crippen LogP contribution in [0.5, 0.6) is 5.88 Å². The van der Waals surface area contributed by atoms with Gasteiger partial charge in [0.05, 0.1) is 18.3 Å². The lowest BCUT2D eigenvalue weighted by molar-refractivity contribution is 0.0570. The Morgan fingerprint density at radius 2 is 2.11 bits per heavy atom. The molecular weight excluding hydrogens is 457 g/mol. The number of ether oxygens (including phenoxy) is 2. The number of fused-ring (bicyclic) bond motifs is 6. The second-order valence-corrected chi connectivity index (χ2v) is 9.92. The molecule has 0 radical (unpaired) electrons. The van der Waals surface area contributed by atoms with Gasteiger partial charge in [0.2, 0.25) is 5.88 Å². The maximum atomic E-state index is 13.4. The molecule has 2 aliphatic carbocycles. The third kappa shape index (κ3) is 3.98. The van der Waals surface area contributed by atoms with E-state index in [-0.39, 0.29) is 29.8 Å². The van der Waals surface area contributed by atoms with Crippen molar-refractivity contribution in [2.45, 2.75) is 63.6 Å². The quantitative estimate of drug-likeness (QED) is 0.573. The molecule has 2 N–H and O–H groups in total. The molecule has 4 atom stereocenters. The van der Waals surface area contributed by atoms with Gasteiger partial charge in [-0.1, -0.05) is 0 Å². The van der Waals surface area contributed by atoms with E-state index >= 15 is 0 Å². The summed E-state index contributed by atoms with van der Waals surface area (Å²) < 4.78 is 26.6. The Morgan fingerprint density at radius 3 is 2.86 bits per heavy atom. The Labute approximate surface area is 199 Å². The molecule has 0 saturated heterocycles. The van der Waals surface area contributed by atoms with Gasteiger partial charge in [0, 0.05) is 25.1 Å². The van der Waals surface area contributed by atoms with Crippen LogP contribution in [0, 0.1) is 0 Å². The SMILES string of the molecule is CC(C)(C)OC(=O)N1c2cc(nc3c(C(=O)N[C@@H]4C[C@@H]4F)cnn23)Nc2cccnc2OC2CC21. The van der Waals surface area contributed by atoms with Crippen molar-refractivity contribution in [1.82, 2.24) is 24.9 Å². The van der Waals surface area contributed by atoms with Gasteiger partial charge in [-0.15, -0.1) is 0 Å². The molecule has 0 spiro atoms. The molecule has 2 amide bonds. The molecule has 1 aliphatic heterocycles. The van der Waals surface area contributed by atoms with Crippen molar-refractivity contribution in [3.05, 3.63) is 36.2 Å². The van der Waals surface area contributed by atoms with Crippen LogP contribution in [0.2, 0.25) is 0 Å². The zero-order chi connectivity index (χ0) is 24.5. The first-order chi connectivity index (χ1) is 16.7. The monoisotopic (exact) mass is 481 g/mol. The van der Waals surface area contributed by atoms with E-state index in [4.69, 9.17) is 9.47 Å². The van der Waals surface area contributed by atoms with Crippen LogP contribution in [-0.2, 0) is 4.74 Å². The number of alkyl halides is 1. The highest BCUT2D eigenvalue weighted by Gasteiger charge is 2.50. The van der Waals surface area contributed by atoms with Crippen LogP contribution in [0.3, 0.4) is 0 Å². The van der Waals surface area contributed by atoms with Crippen molar-refractivity contribution in [1.29, 1.82) is 0 Å². The fourth-order valence-corrected chi connectivity index (χ4v) is 4.03. The summed E-state index contributed by atoms with van der Waals surface area (Å²) in [5, 5.41) is 10.2. The number of nitrogens with one attached hydrogen (secondary N) is 2. The van der Waals surface area contributed by atoms with Crippen LogP contribution < -0.4 is 20.3 Å². The summed E-state index contributed by atoms with van der Waals surface area (Å²) in [4.78, 5) is 36.6. The molecule has 2 saturated carbocycles. The predicted octanol–water partition coefficient (Wildman–Crippen LogP) is 2.98. The van der Waals surface area contributed by atoms with Crippen molar-refractivity contribution in [2.24, 2.45) is 0 Å². The van der Waals surface area contributed by atoms with Gasteiger partial charge in [0.15, 0.2) is 5.65 Å². The average molecular weight is 481 g/mol. The number of hydrogen-bond acceptors (Lipinski definition) is 8. The van der Waals surface area contributed by atoms with Gasteiger partial charge in [0.1, 0.15) is 40.8 Å². The zero-order valence-electron chi connectivity index (χ0n) is 19.4. The standard InChI is InChI=1S/C23H24FN7O4/c1-23(2,3)35-22(33)30-15-8-16(15)34-21-13(5-4-6-25-21)27-17-9-18(30)31-19(29-17)11(10-26-31)20(32)28-14-7-12(14)24/h4-6,9-10,12,14-16H,7-8H2,1-3H3,(H,27,29)(H,28,32)/t12-,14+,15?,16?/m0/s1. The minimum atomic E-state index is -1.04. The minimum absolute atomic E-state index is 0.171. The summed E-state index contributed by atoms with van der Waals surface area (Å²) in [7, 11) is 0. The molecule has 4 heterocycles. The van der Waals surface area contributed by atoms with Gasteiger partial charge >= 0.3 is 6.09 Å². The third-order valence-electron chi connectivity index (χ3n) is 5.89. The lowest BCUT2D eigenvalue weighted by Crippen LogP contribution is -2.41. The Morgan fingerprint density at radius 1 is 1.31 bits per heavy atom. The van der Waals surface area contributed by atoms with Gasteiger partial charge in [-0.2, -0.15) is 9.61 Å². The summed E-state index contributed by atoms with van der Waals surface area (Å²) in [5.41, 5.74) is 0.248. The fourth-order valence-electron chi connectivity index (χ4n) is 4.03. The first-order valence-corrected chi connectivity index (χ1v) is 11.4. The number of carbonyl (C=O) groups is 2. The second-order valence-electron chi connectivity index (χ2n) is 9.92. The van der Waals surface area contributed by atoms with Crippen LogP contribution in [0.1, 0.15) is 44.0 Å². The van der Waals surface area contributed by atoms with E-state index in [1.807, 2.05) is 0 Å². The van der Waals surface area contributed by atoms with Crippen molar-refractivity contribution in [3.63, 3.8) is 0 Å². The van der Waals surface area contributed by atoms with Crippen LogP contribution in [-0.4, -0.2) is 61.5 Å². The lowest BCUT2D eigenvalue weighted by atomic mass is 10.2. The van der Waals surface area contributed by atoms with Crippen LogP contribution in [0.15, 0.2) is 30.6 Å². The number of rotatable bonds is 2. The molecule has 35 heavy (non-hydrogen) atoms. The second kappa shape index (κ2) is 7.52. The van der Waals surface area contributed by atoms with Crippen molar-refractivity contribution in [3.8, 4) is 5.88 Å². The molecular formula is C23H24FN7O4. The molecule has 12 heteroatoms. The van der Waals surface area contributed by atoms with E-state index in [1.165, 1.54) is 15.6 Å². The summed E-state index contributed by atoms with van der Waals surface area (Å²) in [6, 6.07) is 4.39. The molecule has 11 nitrogen and oxygen atoms in total. The smallest absolute Gasteiger partial charge is 0.416 e. The highest BCUT2D eigenvalue weighted by molar-refractivity contribution is 6.01. The average Bonchev–Trinajstić information content (AvgIpc) is 3.63. The largest absolute Gasteiger partial charge is 0.471 e. The van der Waals surface area contributed by atoms with E-state index in [0.29, 0.717) is 29.6 Å². The zero-order valence-corrected chi connectivity index (χ0v) is 19.4. The molecule has 3 aliphatic rings. The van der Waals surface area contributed by atoms with Crippen molar-refractivity contribution in [2.75, 3.05) is 10.2 Å². The molecule has 6 rings (SSSR count). The van der Waals surface area contributed by atoms with E-state index in [1.54, 1.807) is 45.2 Å². The van der Waals surface area contributed by atoms with Gasteiger partial charge in [-0.05, 0) is 32.9 Å². The normalized spacial score (nSPS) is 24.4. The van der Waals surface area contributed by atoms with E-state index < -0.39 is 29.8 Å². The predicted molar refractivity (Wildman–Crippen MR) is 123 cm³/mol. The fraction of sp³-hybridized carbons (Fsp3) is 0.435. The maximum Gasteiger partial charge on any atom is 0.416 e. The van der Waals surface area contributed by atoms with Gasteiger partial charge < -0.3 is 20.1 Å². The summed E-state index contributed by atoms with van der Waals surface area (Å²) in [6.07, 6.45) is 1.90. The van der Waals surface area contributed by atoms with Gasteiger partial charge in [0.25, 0.3) is 5.91 Å². The van der Waals surface area contributed by atoms with E-state index in [2.05, 4.69) is 25.7 Å². The topological polar surface area (TPSA) is 123 Å². The Hall–Kier alpha value is -3.96. The number of anilines is 3. The highest BCUT2D eigenvalue weighted by atomic mass is 19.1. The third-order valence-corrected chi connectivity index (χ3v) is 5.89. The van der Waals surface area contributed by atoms with E-state index in [9.17, 15) is 14.0 Å². The number of amides is 2. The molecule has 182 valence electrons. The summed E-state index contributed by atoms with van der Waals surface area (Å²) in [6.45, 7) is 5.36.